The standard InChI is InChI=1S/C17H18N2O5S2/c1-13-2-4-14(5-3-13)12-18-26(23,24)16-8-6-15(7-9-16)19-17(20)10-11-25(19,21)22/h2-9,18H,10-12H2,1H3. The number of anilines is 1. The van der Waals surface area contributed by atoms with Gasteiger partial charge in [-0.25, -0.2) is 25.9 Å². The van der Waals surface area contributed by atoms with Crippen LogP contribution in [-0.2, 0) is 31.4 Å². The third kappa shape index (κ3) is 3.79. The highest BCUT2D eigenvalue weighted by molar-refractivity contribution is 7.94. The second-order valence-electron chi connectivity index (χ2n) is 6.03. The molecule has 1 aliphatic rings. The van der Waals surface area contributed by atoms with Crippen LogP contribution in [0.25, 0.3) is 0 Å². The number of benzene rings is 2. The minimum absolute atomic E-state index is 0.00240. The first-order valence-electron chi connectivity index (χ1n) is 7.90. The molecule has 9 heteroatoms. The molecular formula is C17H18N2O5S2. The van der Waals surface area contributed by atoms with E-state index in [9.17, 15) is 21.6 Å². The van der Waals surface area contributed by atoms with Gasteiger partial charge < -0.3 is 0 Å². The predicted molar refractivity (Wildman–Crippen MR) is 97.5 cm³/mol. The number of sulfonamides is 2. The molecule has 7 nitrogen and oxygen atoms in total. The summed E-state index contributed by atoms with van der Waals surface area (Å²) in [5.41, 5.74) is 2.05. The zero-order valence-corrected chi connectivity index (χ0v) is 15.7. The zero-order chi connectivity index (χ0) is 18.9. The number of amides is 1. The Bertz CT molecular complexity index is 1030. The molecule has 1 N–H and O–H groups in total. The Morgan fingerprint density at radius 1 is 1.04 bits per heavy atom. The lowest BCUT2D eigenvalue weighted by Gasteiger charge is -2.15. The molecule has 0 aliphatic carbocycles. The second-order valence-corrected chi connectivity index (χ2v) is 9.73. The van der Waals surface area contributed by atoms with E-state index in [0.29, 0.717) is 0 Å². The van der Waals surface area contributed by atoms with Gasteiger partial charge in [-0.15, -0.1) is 0 Å². The molecule has 138 valence electrons. The Kier molecular flexibility index (Phi) is 4.87. The van der Waals surface area contributed by atoms with Gasteiger partial charge in [-0.05, 0) is 36.8 Å². The Balaban J connectivity index is 1.77. The first kappa shape index (κ1) is 18.6. The third-order valence-electron chi connectivity index (χ3n) is 4.05. The van der Waals surface area contributed by atoms with Crippen molar-refractivity contribution < 1.29 is 21.6 Å². The molecular weight excluding hydrogens is 376 g/mol. The van der Waals surface area contributed by atoms with Gasteiger partial charge in [-0.1, -0.05) is 29.8 Å². The van der Waals surface area contributed by atoms with Gasteiger partial charge in [0.25, 0.3) is 0 Å². The summed E-state index contributed by atoms with van der Waals surface area (Å²) in [6.07, 6.45) is -0.0690. The summed E-state index contributed by atoms with van der Waals surface area (Å²) in [6.45, 7) is 2.09. The van der Waals surface area contributed by atoms with Crippen molar-refractivity contribution in [3.05, 3.63) is 59.7 Å². The first-order chi connectivity index (χ1) is 12.2. The van der Waals surface area contributed by atoms with Crippen LogP contribution >= 0.6 is 0 Å². The topological polar surface area (TPSA) is 101 Å². The lowest BCUT2D eigenvalue weighted by Crippen LogP contribution is -2.29. The average Bonchev–Trinajstić information content (AvgIpc) is 2.87. The molecule has 3 rings (SSSR count). The van der Waals surface area contributed by atoms with Crippen LogP contribution in [0.4, 0.5) is 5.69 Å². The van der Waals surface area contributed by atoms with Crippen LogP contribution in [0.3, 0.4) is 0 Å². The highest BCUT2D eigenvalue weighted by Gasteiger charge is 2.36. The fraction of sp³-hybridized carbons (Fsp3) is 0.235. The van der Waals surface area contributed by atoms with Gasteiger partial charge in [-0.2, -0.15) is 0 Å². The number of hydrogen-bond acceptors (Lipinski definition) is 5. The SMILES string of the molecule is Cc1ccc(CNS(=O)(=O)c2ccc(N3C(=O)CCS3(=O)=O)cc2)cc1. The highest BCUT2D eigenvalue weighted by atomic mass is 32.2. The maximum absolute atomic E-state index is 12.4. The van der Waals surface area contributed by atoms with Crippen LogP contribution in [0.2, 0.25) is 0 Å². The van der Waals surface area contributed by atoms with Crippen LogP contribution in [0.1, 0.15) is 17.5 Å². The summed E-state index contributed by atoms with van der Waals surface area (Å²) in [5.74, 6) is -0.748. The molecule has 1 fully saturated rings. The number of aryl methyl sites for hydroxylation is 1. The number of rotatable bonds is 5. The van der Waals surface area contributed by atoms with Crippen molar-refractivity contribution >= 4 is 31.6 Å². The molecule has 0 atom stereocenters. The molecule has 0 radical (unpaired) electrons. The molecule has 0 spiro atoms. The Morgan fingerprint density at radius 2 is 1.65 bits per heavy atom. The molecule has 2 aromatic carbocycles. The van der Waals surface area contributed by atoms with Crippen LogP contribution in [0, 0.1) is 6.92 Å². The monoisotopic (exact) mass is 394 g/mol. The van der Waals surface area contributed by atoms with Crippen molar-refractivity contribution in [3.63, 3.8) is 0 Å². The Labute approximate surface area is 152 Å². The summed E-state index contributed by atoms with van der Waals surface area (Å²) in [6, 6.07) is 12.7. The summed E-state index contributed by atoms with van der Waals surface area (Å²) < 4.78 is 51.8. The number of nitrogens with zero attached hydrogens (tertiary/aromatic N) is 1. The molecule has 0 bridgehead atoms. The van der Waals surface area contributed by atoms with Crippen molar-refractivity contribution in [3.8, 4) is 0 Å². The third-order valence-corrected chi connectivity index (χ3v) is 7.15. The van der Waals surface area contributed by atoms with Gasteiger partial charge in [0.2, 0.25) is 26.0 Å². The number of carbonyl (C=O) groups excluding carboxylic acids is 1. The van der Waals surface area contributed by atoms with E-state index in [1.54, 1.807) is 0 Å². The lowest BCUT2D eigenvalue weighted by molar-refractivity contribution is -0.116. The summed E-state index contributed by atoms with van der Waals surface area (Å²) in [4.78, 5) is 11.8. The molecule has 1 amide bonds. The average molecular weight is 394 g/mol. The van der Waals surface area contributed by atoms with E-state index < -0.39 is 26.0 Å². The molecule has 2 aromatic rings. The molecule has 1 heterocycles. The van der Waals surface area contributed by atoms with Gasteiger partial charge >= 0.3 is 0 Å². The van der Waals surface area contributed by atoms with Crippen LogP contribution in [0.15, 0.2) is 53.4 Å². The van der Waals surface area contributed by atoms with Crippen molar-refractivity contribution in [2.75, 3.05) is 10.1 Å². The van der Waals surface area contributed by atoms with Crippen LogP contribution < -0.4 is 9.03 Å². The van der Waals surface area contributed by atoms with E-state index in [2.05, 4.69) is 4.72 Å². The quantitative estimate of drug-likeness (QED) is 0.829. The maximum Gasteiger partial charge on any atom is 0.242 e. The van der Waals surface area contributed by atoms with Crippen LogP contribution in [0.5, 0.6) is 0 Å². The van der Waals surface area contributed by atoms with Gasteiger partial charge in [0.05, 0.1) is 16.3 Å². The Morgan fingerprint density at radius 3 is 2.19 bits per heavy atom. The van der Waals surface area contributed by atoms with Gasteiger partial charge in [0.15, 0.2) is 0 Å². The molecule has 1 saturated heterocycles. The molecule has 0 aromatic heterocycles. The fourth-order valence-electron chi connectivity index (χ4n) is 2.60. The Hall–Kier alpha value is -2.23. The number of hydrogen-bond donors (Lipinski definition) is 1. The van der Waals surface area contributed by atoms with E-state index >= 15 is 0 Å². The van der Waals surface area contributed by atoms with E-state index in [4.69, 9.17) is 0 Å². The summed E-state index contributed by atoms with van der Waals surface area (Å²) in [7, 11) is -7.42. The maximum atomic E-state index is 12.4. The largest absolute Gasteiger partial charge is 0.273 e. The van der Waals surface area contributed by atoms with Gasteiger partial charge in [-0.3, -0.25) is 4.79 Å². The first-order valence-corrected chi connectivity index (χ1v) is 11.0. The number of nitrogens with one attached hydrogen (secondary N) is 1. The van der Waals surface area contributed by atoms with Crippen molar-refractivity contribution in [1.82, 2.24) is 4.72 Å². The van der Waals surface area contributed by atoms with E-state index in [0.717, 1.165) is 15.4 Å². The van der Waals surface area contributed by atoms with E-state index in [1.165, 1.54) is 24.3 Å². The van der Waals surface area contributed by atoms with E-state index in [1.807, 2.05) is 31.2 Å². The van der Waals surface area contributed by atoms with Gasteiger partial charge in [0, 0.05) is 13.0 Å². The summed E-state index contributed by atoms with van der Waals surface area (Å²) in [5, 5.41) is 0. The predicted octanol–water partition coefficient (Wildman–Crippen LogP) is 1.54. The van der Waals surface area contributed by atoms with Crippen molar-refractivity contribution in [1.29, 1.82) is 0 Å². The minimum atomic E-state index is -3.75. The fourth-order valence-corrected chi connectivity index (χ4v) is 5.07. The highest BCUT2D eigenvalue weighted by Crippen LogP contribution is 2.26. The van der Waals surface area contributed by atoms with E-state index in [-0.39, 0.29) is 29.3 Å². The molecule has 1 aliphatic heterocycles. The van der Waals surface area contributed by atoms with Crippen molar-refractivity contribution in [2.24, 2.45) is 0 Å². The van der Waals surface area contributed by atoms with Crippen LogP contribution in [-0.4, -0.2) is 28.5 Å². The normalized spacial score (nSPS) is 16.8. The summed E-state index contributed by atoms with van der Waals surface area (Å²) >= 11 is 0. The molecule has 0 saturated carbocycles. The second kappa shape index (κ2) is 6.82. The molecule has 0 unspecified atom stereocenters. The molecule has 26 heavy (non-hydrogen) atoms. The van der Waals surface area contributed by atoms with Gasteiger partial charge in [0.1, 0.15) is 0 Å². The zero-order valence-electron chi connectivity index (χ0n) is 14.0. The van der Waals surface area contributed by atoms with Crippen molar-refractivity contribution in [2.45, 2.75) is 24.8 Å². The number of carbonyl (C=O) groups is 1. The lowest BCUT2D eigenvalue weighted by atomic mass is 10.2. The minimum Gasteiger partial charge on any atom is -0.273 e. The smallest absolute Gasteiger partial charge is 0.242 e.